The van der Waals surface area contributed by atoms with Crippen LogP contribution in [0.5, 0.6) is 11.5 Å². The second-order valence-electron chi connectivity index (χ2n) is 6.89. The van der Waals surface area contributed by atoms with E-state index in [0.29, 0.717) is 6.04 Å². The van der Waals surface area contributed by atoms with Crippen LogP contribution >= 0.6 is 11.3 Å². The third-order valence-electron chi connectivity index (χ3n) is 5.20. The molecule has 2 heterocycles. The predicted octanol–water partition coefficient (Wildman–Crippen LogP) is 5.06. The maximum absolute atomic E-state index is 5.64. The summed E-state index contributed by atoms with van der Waals surface area (Å²) in [6, 6.07) is 4.53. The summed E-state index contributed by atoms with van der Waals surface area (Å²) >= 11 is 1.68. The minimum Gasteiger partial charge on any atom is -0.497 e. The van der Waals surface area contributed by atoms with Crippen molar-refractivity contribution in [1.82, 2.24) is 9.55 Å². The van der Waals surface area contributed by atoms with Crippen molar-refractivity contribution in [2.75, 3.05) is 19.5 Å². The number of rotatable bonds is 5. The van der Waals surface area contributed by atoms with E-state index in [1.54, 1.807) is 25.6 Å². The Labute approximate surface area is 158 Å². The highest BCUT2D eigenvalue weighted by molar-refractivity contribution is 7.14. The molecule has 1 saturated carbocycles. The minimum absolute atomic E-state index is 0.564. The molecular formula is C20H25N3O2S. The number of nitrogens with zero attached hydrogens (tertiary/aromatic N) is 2. The summed E-state index contributed by atoms with van der Waals surface area (Å²) in [5.74, 6) is 1.60. The van der Waals surface area contributed by atoms with Gasteiger partial charge in [0.1, 0.15) is 11.5 Å². The standard InChI is InChI=1S/C20H25N3O2S/c1-23-11-15(19-17(23)9-14(24-2)10-18(19)25-3)16-12-26-20(22-16)21-13-7-5-4-6-8-13/h9-13H,4-8H2,1-3H3,(H,21,22). The average molecular weight is 372 g/mol. The Morgan fingerprint density at radius 2 is 1.96 bits per heavy atom. The van der Waals surface area contributed by atoms with Gasteiger partial charge in [0.05, 0.1) is 30.8 Å². The molecule has 6 heteroatoms. The summed E-state index contributed by atoms with van der Waals surface area (Å²) in [5, 5.41) is 7.84. The van der Waals surface area contributed by atoms with Crippen LogP contribution in [0, 0.1) is 0 Å². The molecule has 1 aliphatic carbocycles. The number of methoxy groups -OCH3 is 2. The van der Waals surface area contributed by atoms with Gasteiger partial charge in [-0.2, -0.15) is 0 Å². The van der Waals surface area contributed by atoms with Crippen molar-refractivity contribution in [3.05, 3.63) is 23.7 Å². The molecule has 26 heavy (non-hydrogen) atoms. The highest BCUT2D eigenvalue weighted by Crippen LogP contribution is 2.40. The number of hydrogen-bond acceptors (Lipinski definition) is 5. The molecule has 3 aromatic rings. The van der Waals surface area contributed by atoms with Crippen LogP contribution in [0.2, 0.25) is 0 Å². The number of hydrogen-bond donors (Lipinski definition) is 1. The lowest BCUT2D eigenvalue weighted by molar-refractivity contribution is 0.398. The summed E-state index contributed by atoms with van der Waals surface area (Å²) in [6.45, 7) is 0. The maximum atomic E-state index is 5.64. The van der Waals surface area contributed by atoms with Gasteiger partial charge >= 0.3 is 0 Å². The van der Waals surface area contributed by atoms with Gasteiger partial charge in [0, 0.05) is 42.4 Å². The molecule has 0 bridgehead atoms. The summed E-state index contributed by atoms with van der Waals surface area (Å²) in [5.41, 5.74) is 3.16. The fraction of sp³-hybridized carbons (Fsp3) is 0.450. The Hall–Kier alpha value is -2.21. The topological polar surface area (TPSA) is 48.3 Å². The fourth-order valence-corrected chi connectivity index (χ4v) is 4.60. The van der Waals surface area contributed by atoms with Crippen LogP contribution in [0.4, 0.5) is 5.13 Å². The van der Waals surface area contributed by atoms with Gasteiger partial charge in [-0.15, -0.1) is 11.3 Å². The van der Waals surface area contributed by atoms with Gasteiger partial charge in [0.2, 0.25) is 0 Å². The van der Waals surface area contributed by atoms with Crippen molar-refractivity contribution in [2.24, 2.45) is 7.05 Å². The van der Waals surface area contributed by atoms with Crippen LogP contribution in [0.3, 0.4) is 0 Å². The largest absolute Gasteiger partial charge is 0.497 e. The third-order valence-corrected chi connectivity index (χ3v) is 5.97. The summed E-state index contributed by atoms with van der Waals surface area (Å²) < 4.78 is 13.1. The van der Waals surface area contributed by atoms with Crippen molar-refractivity contribution < 1.29 is 9.47 Å². The highest BCUT2D eigenvalue weighted by atomic mass is 32.1. The molecule has 2 aromatic heterocycles. The normalized spacial score (nSPS) is 15.3. The number of ether oxygens (including phenoxy) is 2. The van der Waals surface area contributed by atoms with Crippen molar-refractivity contribution in [2.45, 2.75) is 38.1 Å². The van der Waals surface area contributed by atoms with Gasteiger partial charge in [0.15, 0.2) is 5.13 Å². The Kier molecular flexibility index (Phi) is 4.76. The minimum atomic E-state index is 0.564. The van der Waals surface area contributed by atoms with E-state index in [1.165, 1.54) is 32.1 Å². The maximum Gasteiger partial charge on any atom is 0.183 e. The lowest BCUT2D eigenvalue weighted by Gasteiger charge is -2.22. The first-order chi connectivity index (χ1) is 12.7. The quantitative estimate of drug-likeness (QED) is 0.681. The monoisotopic (exact) mass is 371 g/mol. The molecule has 0 spiro atoms. The van der Waals surface area contributed by atoms with Crippen LogP contribution in [0.15, 0.2) is 23.7 Å². The Morgan fingerprint density at radius 1 is 1.15 bits per heavy atom. The van der Waals surface area contributed by atoms with Crippen molar-refractivity contribution in [3.8, 4) is 22.8 Å². The summed E-state index contributed by atoms with van der Waals surface area (Å²) in [7, 11) is 5.41. The molecule has 1 aliphatic rings. The molecule has 4 rings (SSSR count). The molecule has 0 radical (unpaired) electrons. The summed E-state index contributed by atoms with van der Waals surface area (Å²) in [6.07, 6.45) is 8.61. The first-order valence-corrected chi connectivity index (χ1v) is 10.0. The van der Waals surface area contributed by atoms with Crippen molar-refractivity contribution in [3.63, 3.8) is 0 Å². The van der Waals surface area contributed by atoms with E-state index in [9.17, 15) is 0 Å². The van der Waals surface area contributed by atoms with Gasteiger partial charge in [0.25, 0.3) is 0 Å². The first kappa shape index (κ1) is 17.2. The van der Waals surface area contributed by atoms with Crippen molar-refractivity contribution >= 4 is 27.4 Å². The fourth-order valence-electron chi connectivity index (χ4n) is 3.81. The number of aromatic nitrogens is 2. The van der Waals surface area contributed by atoms with Crippen LogP contribution < -0.4 is 14.8 Å². The van der Waals surface area contributed by atoms with E-state index >= 15 is 0 Å². The Balaban J connectivity index is 1.70. The van der Waals surface area contributed by atoms with E-state index in [4.69, 9.17) is 14.5 Å². The molecule has 1 N–H and O–H groups in total. The molecular weight excluding hydrogens is 346 g/mol. The van der Waals surface area contributed by atoms with Crippen LogP contribution in [-0.2, 0) is 7.05 Å². The number of benzene rings is 1. The zero-order valence-electron chi connectivity index (χ0n) is 15.5. The predicted molar refractivity (Wildman–Crippen MR) is 108 cm³/mol. The molecule has 0 amide bonds. The van der Waals surface area contributed by atoms with E-state index in [1.807, 2.05) is 19.2 Å². The summed E-state index contributed by atoms with van der Waals surface area (Å²) in [4.78, 5) is 4.86. The SMILES string of the molecule is COc1cc(OC)c2c(-c3csc(NC4CCCCC4)n3)cn(C)c2c1. The zero-order valence-corrected chi connectivity index (χ0v) is 16.4. The van der Waals surface area contributed by atoms with E-state index in [0.717, 1.165) is 38.8 Å². The van der Waals surface area contributed by atoms with E-state index in [-0.39, 0.29) is 0 Å². The molecule has 0 saturated heterocycles. The highest BCUT2D eigenvalue weighted by Gasteiger charge is 2.19. The molecule has 1 fully saturated rings. The third kappa shape index (κ3) is 3.14. The number of aryl methyl sites for hydroxylation is 1. The van der Waals surface area contributed by atoms with Gasteiger partial charge in [-0.1, -0.05) is 19.3 Å². The van der Waals surface area contributed by atoms with Gasteiger partial charge in [-0.05, 0) is 12.8 Å². The number of fused-ring (bicyclic) bond motifs is 1. The Bertz CT molecular complexity index is 909. The lowest BCUT2D eigenvalue weighted by Crippen LogP contribution is -2.21. The lowest BCUT2D eigenvalue weighted by atomic mass is 9.96. The molecule has 1 aromatic carbocycles. The zero-order chi connectivity index (χ0) is 18.1. The number of anilines is 1. The van der Waals surface area contributed by atoms with Gasteiger partial charge in [-0.3, -0.25) is 0 Å². The second kappa shape index (κ2) is 7.19. The second-order valence-corrected chi connectivity index (χ2v) is 7.75. The van der Waals surface area contributed by atoms with Gasteiger partial charge in [-0.25, -0.2) is 4.98 Å². The van der Waals surface area contributed by atoms with Crippen LogP contribution in [-0.4, -0.2) is 29.8 Å². The van der Waals surface area contributed by atoms with E-state index in [2.05, 4.69) is 21.5 Å². The average Bonchev–Trinajstić information content (AvgIpc) is 3.26. The molecule has 0 unspecified atom stereocenters. The first-order valence-electron chi connectivity index (χ1n) is 9.13. The smallest absolute Gasteiger partial charge is 0.183 e. The molecule has 5 nitrogen and oxygen atoms in total. The van der Waals surface area contributed by atoms with Crippen molar-refractivity contribution in [1.29, 1.82) is 0 Å². The number of nitrogens with one attached hydrogen (secondary N) is 1. The molecule has 138 valence electrons. The van der Waals surface area contributed by atoms with E-state index < -0.39 is 0 Å². The molecule has 0 aliphatic heterocycles. The van der Waals surface area contributed by atoms with Gasteiger partial charge < -0.3 is 19.4 Å². The number of thiazole rings is 1. The van der Waals surface area contributed by atoms with Crippen LogP contribution in [0.1, 0.15) is 32.1 Å². The van der Waals surface area contributed by atoms with Crippen LogP contribution in [0.25, 0.3) is 22.2 Å². The molecule has 0 atom stereocenters. The Morgan fingerprint density at radius 3 is 2.69 bits per heavy atom.